The molecule has 0 saturated carbocycles. The van der Waals surface area contributed by atoms with Crippen LogP contribution in [0.2, 0.25) is 0 Å². The highest BCUT2D eigenvalue weighted by molar-refractivity contribution is 6.35. The molecule has 2 aromatic carbocycles. The lowest BCUT2D eigenvalue weighted by Gasteiger charge is -2.26. The van der Waals surface area contributed by atoms with Crippen LogP contribution in [0.3, 0.4) is 0 Å². The highest BCUT2D eigenvalue weighted by atomic mass is 16.2. The summed E-state index contributed by atoms with van der Waals surface area (Å²) in [6.45, 7) is 1.91. The third-order valence-corrected chi connectivity index (χ3v) is 4.49. The summed E-state index contributed by atoms with van der Waals surface area (Å²) in [6.07, 6.45) is 0. The molecule has 1 N–H and O–H groups in total. The Labute approximate surface area is 153 Å². The van der Waals surface area contributed by atoms with Crippen molar-refractivity contribution in [1.82, 2.24) is 15.1 Å². The van der Waals surface area contributed by atoms with Crippen LogP contribution in [0.4, 0.5) is 0 Å². The fourth-order valence-electron chi connectivity index (χ4n) is 3.11. The van der Waals surface area contributed by atoms with E-state index in [0.717, 1.165) is 11.1 Å². The summed E-state index contributed by atoms with van der Waals surface area (Å²) in [7, 11) is 3.42. The van der Waals surface area contributed by atoms with Crippen molar-refractivity contribution in [2.24, 2.45) is 0 Å². The second kappa shape index (κ2) is 7.97. The second-order valence-corrected chi connectivity index (χ2v) is 6.27. The molecule has 3 rings (SSSR count). The zero-order valence-electron chi connectivity index (χ0n) is 15.1. The number of benzene rings is 2. The minimum Gasteiger partial charge on any atom is -0.361 e. The zero-order valence-corrected chi connectivity index (χ0v) is 15.1. The van der Waals surface area contributed by atoms with Crippen molar-refractivity contribution in [1.29, 1.82) is 0 Å². The Bertz CT molecular complexity index is 816. The molecule has 0 aliphatic carbocycles. The molecule has 0 radical (unpaired) electrons. The molecular formula is C21H23N3O2. The molecule has 26 heavy (non-hydrogen) atoms. The molecule has 5 nitrogen and oxygen atoms in total. The van der Waals surface area contributed by atoms with Crippen LogP contribution in [0.1, 0.15) is 11.1 Å². The van der Waals surface area contributed by atoms with Gasteiger partial charge in [-0.3, -0.25) is 14.5 Å². The van der Waals surface area contributed by atoms with Gasteiger partial charge in [-0.05, 0) is 18.2 Å². The number of nitrogens with zero attached hydrogens (tertiary/aromatic N) is 2. The van der Waals surface area contributed by atoms with Crippen molar-refractivity contribution in [3.05, 3.63) is 77.5 Å². The lowest BCUT2D eigenvalue weighted by molar-refractivity contribution is -0.135. The van der Waals surface area contributed by atoms with E-state index >= 15 is 0 Å². The van der Waals surface area contributed by atoms with E-state index in [1.165, 1.54) is 4.90 Å². The van der Waals surface area contributed by atoms with Crippen LogP contribution < -0.4 is 5.32 Å². The van der Waals surface area contributed by atoms with Gasteiger partial charge in [0.1, 0.15) is 5.70 Å². The molecule has 0 unspecified atom stereocenters. The summed E-state index contributed by atoms with van der Waals surface area (Å²) >= 11 is 0. The van der Waals surface area contributed by atoms with Gasteiger partial charge in [-0.15, -0.1) is 0 Å². The first kappa shape index (κ1) is 17.9. The fraction of sp³-hybridized carbons (Fsp3) is 0.238. The van der Waals surface area contributed by atoms with Crippen LogP contribution in [-0.2, 0) is 16.1 Å². The average molecular weight is 349 g/mol. The summed E-state index contributed by atoms with van der Waals surface area (Å²) in [6, 6.07) is 19.4. The molecule has 1 aliphatic rings. The van der Waals surface area contributed by atoms with E-state index in [9.17, 15) is 9.59 Å². The molecule has 1 aliphatic heterocycles. The number of carbonyl (C=O) groups excluding carboxylic acids is 2. The fourth-order valence-corrected chi connectivity index (χ4v) is 3.11. The molecule has 0 bridgehead atoms. The molecule has 134 valence electrons. The summed E-state index contributed by atoms with van der Waals surface area (Å²) < 4.78 is 0. The van der Waals surface area contributed by atoms with E-state index < -0.39 is 0 Å². The number of amides is 2. The summed E-state index contributed by atoms with van der Waals surface area (Å²) in [5.41, 5.74) is 2.82. The lowest BCUT2D eigenvalue weighted by Crippen LogP contribution is -2.35. The molecular weight excluding hydrogens is 326 g/mol. The highest BCUT2D eigenvalue weighted by Crippen LogP contribution is 2.31. The van der Waals surface area contributed by atoms with Crippen LogP contribution in [0.15, 0.2) is 66.4 Å². The van der Waals surface area contributed by atoms with Gasteiger partial charge in [-0.25, -0.2) is 0 Å². The third kappa shape index (κ3) is 3.53. The first-order valence-electron chi connectivity index (χ1n) is 8.69. The van der Waals surface area contributed by atoms with E-state index in [2.05, 4.69) is 5.32 Å². The maximum absolute atomic E-state index is 12.9. The molecule has 0 atom stereocenters. The molecule has 0 fully saturated rings. The Morgan fingerprint density at radius 1 is 0.923 bits per heavy atom. The average Bonchev–Trinajstić information content (AvgIpc) is 2.90. The van der Waals surface area contributed by atoms with Gasteiger partial charge in [0, 0.05) is 26.7 Å². The van der Waals surface area contributed by atoms with Crippen LogP contribution in [0.25, 0.3) is 5.57 Å². The van der Waals surface area contributed by atoms with Crippen molar-refractivity contribution >= 4 is 17.4 Å². The Hall–Kier alpha value is -2.92. The second-order valence-electron chi connectivity index (χ2n) is 6.27. The quantitative estimate of drug-likeness (QED) is 0.778. The Kier molecular flexibility index (Phi) is 5.49. The van der Waals surface area contributed by atoms with E-state index in [1.807, 2.05) is 72.6 Å². The predicted octanol–water partition coefficient (Wildman–Crippen LogP) is 2.12. The van der Waals surface area contributed by atoms with Crippen LogP contribution >= 0.6 is 0 Å². The Morgan fingerprint density at radius 2 is 1.54 bits per heavy atom. The molecule has 2 aromatic rings. The largest absolute Gasteiger partial charge is 0.361 e. The third-order valence-electron chi connectivity index (χ3n) is 4.49. The van der Waals surface area contributed by atoms with Crippen molar-refractivity contribution in [3.8, 4) is 0 Å². The van der Waals surface area contributed by atoms with E-state index in [0.29, 0.717) is 30.9 Å². The lowest BCUT2D eigenvalue weighted by atomic mass is 10.0. The van der Waals surface area contributed by atoms with Gasteiger partial charge in [0.05, 0.1) is 5.57 Å². The predicted molar refractivity (Wildman–Crippen MR) is 102 cm³/mol. The normalized spacial score (nSPS) is 14.3. The number of hydrogen-bond acceptors (Lipinski definition) is 4. The summed E-state index contributed by atoms with van der Waals surface area (Å²) in [5.74, 6) is -0.500. The van der Waals surface area contributed by atoms with Gasteiger partial charge < -0.3 is 10.2 Å². The highest BCUT2D eigenvalue weighted by Gasteiger charge is 2.39. The minimum absolute atomic E-state index is 0.249. The standard InChI is InChI=1S/C21H23N3O2/c1-22-13-14-24(15-16-9-5-3-6-10-16)19-18(17-11-7-4-8-12-17)20(25)23(2)21(19)26/h3-12,22H,13-15H2,1-2H3. The first-order valence-corrected chi connectivity index (χ1v) is 8.69. The van der Waals surface area contributed by atoms with Gasteiger partial charge in [-0.2, -0.15) is 0 Å². The molecule has 0 aromatic heterocycles. The van der Waals surface area contributed by atoms with Crippen molar-refractivity contribution < 1.29 is 9.59 Å². The minimum atomic E-state index is -0.251. The molecule has 0 saturated heterocycles. The van der Waals surface area contributed by atoms with Crippen LogP contribution in [0.5, 0.6) is 0 Å². The molecule has 0 spiro atoms. The van der Waals surface area contributed by atoms with Crippen molar-refractivity contribution in [3.63, 3.8) is 0 Å². The van der Waals surface area contributed by atoms with E-state index in [-0.39, 0.29) is 11.8 Å². The first-order chi connectivity index (χ1) is 12.6. The number of hydrogen-bond donors (Lipinski definition) is 1. The Morgan fingerprint density at radius 3 is 2.15 bits per heavy atom. The number of likely N-dealkylation sites (N-methyl/N-ethyl adjacent to an activating group) is 2. The number of carbonyl (C=O) groups is 2. The van der Waals surface area contributed by atoms with E-state index in [4.69, 9.17) is 0 Å². The summed E-state index contributed by atoms with van der Waals surface area (Å²) in [4.78, 5) is 28.8. The maximum Gasteiger partial charge on any atom is 0.277 e. The molecule has 2 amide bonds. The van der Waals surface area contributed by atoms with Gasteiger partial charge in [0.2, 0.25) is 0 Å². The smallest absolute Gasteiger partial charge is 0.277 e. The summed E-state index contributed by atoms with van der Waals surface area (Å²) in [5, 5.41) is 3.13. The van der Waals surface area contributed by atoms with Gasteiger partial charge in [0.25, 0.3) is 11.8 Å². The molecule has 5 heteroatoms. The number of imide groups is 1. The number of nitrogens with one attached hydrogen (secondary N) is 1. The van der Waals surface area contributed by atoms with Gasteiger partial charge in [-0.1, -0.05) is 60.7 Å². The van der Waals surface area contributed by atoms with Crippen LogP contribution in [0, 0.1) is 0 Å². The van der Waals surface area contributed by atoms with Gasteiger partial charge in [0.15, 0.2) is 0 Å². The SMILES string of the molecule is CNCCN(Cc1ccccc1)C1=C(c2ccccc2)C(=O)N(C)C1=O. The van der Waals surface area contributed by atoms with Gasteiger partial charge >= 0.3 is 0 Å². The molecule has 1 heterocycles. The topological polar surface area (TPSA) is 52.7 Å². The van der Waals surface area contributed by atoms with Crippen molar-refractivity contribution in [2.45, 2.75) is 6.54 Å². The van der Waals surface area contributed by atoms with Crippen LogP contribution in [-0.4, -0.2) is 48.8 Å². The van der Waals surface area contributed by atoms with Crippen molar-refractivity contribution in [2.75, 3.05) is 27.2 Å². The zero-order chi connectivity index (χ0) is 18.5. The van der Waals surface area contributed by atoms with E-state index in [1.54, 1.807) is 7.05 Å². The Balaban J connectivity index is 2.06. The number of rotatable bonds is 7. The monoisotopic (exact) mass is 349 g/mol. The maximum atomic E-state index is 12.9.